The van der Waals surface area contributed by atoms with Gasteiger partial charge in [0.1, 0.15) is 6.61 Å². The van der Waals surface area contributed by atoms with Gasteiger partial charge in [0.15, 0.2) is 0 Å². The Hall–Kier alpha value is -3.18. The molecular weight excluding hydrogens is 372 g/mol. The topological polar surface area (TPSA) is 52.0 Å². The highest BCUT2D eigenvalue weighted by molar-refractivity contribution is 5.80. The fourth-order valence-corrected chi connectivity index (χ4v) is 3.65. The molecule has 1 N–H and O–H groups in total. The van der Waals surface area contributed by atoms with E-state index in [-0.39, 0.29) is 0 Å². The van der Waals surface area contributed by atoms with Crippen molar-refractivity contribution in [3.8, 4) is 5.88 Å². The van der Waals surface area contributed by atoms with E-state index in [0.717, 1.165) is 28.7 Å². The van der Waals surface area contributed by atoms with Crippen LogP contribution >= 0.6 is 0 Å². The van der Waals surface area contributed by atoms with Crippen LogP contribution in [-0.4, -0.2) is 14.8 Å². The molecule has 0 saturated carbocycles. The maximum Gasteiger partial charge on any atom is 0.218 e. The minimum Gasteiger partial charge on any atom is -0.473 e. The Kier molecular flexibility index (Phi) is 5.81. The molecule has 0 radical (unpaired) electrons. The Morgan fingerprint density at radius 2 is 1.73 bits per heavy atom. The number of rotatable bonds is 7. The van der Waals surface area contributed by atoms with E-state index < -0.39 is 0 Å². The van der Waals surface area contributed by atoms with Gasteiger partial charge in [0.05, 0.1) is 11.2 Å². The van der Waals surface area contributed by atoms with Crippen molar-refractivity contribution >= 4 is 10.9 Å². The first kappa shape index (κ1) is 20.1. The number of fused-ring (bicyclic) bond motifs is 1. The van der Waals surface area contributed by atoms with Crippen LogP contribution in [0, 0.1) is 20.8 Å². The van der Waals surface area contributed by atoms with E-state index in [9.17, 15) is 0 Å². The molecule has 0 fully saturated rings. The standard InChI is InChI=1S/C25H28N4O/c1-17-9-10-24-21(11-17)12-22(13-26-14-23-15-29(4)28-19(23)3)25(27-24)30-16-20-8-6-5-7-18(20)2/h5-12,15,26H,13-14,16H2,1-4H3. The van der Waals surface area contributed by atoms with Crippen LogP contribution in [0.3, 0.4) is 0 Å². The van der Waals surface area contributed by atoms with Crippen molar-refractivity contribution in [2.75, 3.05) is 0 Å². The van der Waals surface area contributed by atoms with Gasteiger partial charge in [-0.15, -0.1) is 0 Å². The Morgan fingerprint density at radius 1 is 0.933 bits per heavy atom. The molecule has 4 rings (SSSR count). The van der Waals surface area contributed by atoms with Crippen molar-refractivity contribution in [1.29, 1.82) is 0 Å². The lowest BCUT2D eigenvalue weighted by molar-refractivity contribution is 0.290. The molecule has 0 bridgehead atoms. The fourth-order valence-electron chi connectivity index (χ4n) is 3.65. The Balaban J connectivity index is 1.57. The highest BCUT2D eigenvalue weighted by Crippen LogP contribution is 2.25. The van der Waals surface area contributed by atoms with Gasteiger partial charge in [0, 0.05) is 42.8 Å². The zero-order chi connectivity index (χ0) is 21.1. The summed E-state index contributed by atoms with van der Waals surface area (Å²) in [5, 5.41) is 9.08. The predicted octanol–water partition coefficient (Wildman–Crippen LogP) is 4.76. The van der Waals surface area contributed by atoms with E-state index in [2.05, 4.69) is 66.9 Å². The molecule has 0 aliphatic carbocycles. The summed E-state index contributed by atoms with van der Waals surface area (Å²) in [5.41, 5.74) is 7.88. The van der Waals surface area contributed by atoms with Crippen molar-refractivity contribution in [3.05, 3.63) is 88.2 Å². The second-order valence-electron chi connectivity index (χ2n) is 7.88. The molecule has 0 spiro atoms. The molecule has 0 aliphatic rings. The number of hydrogen-bond donors (Lipinski definition) is 1. The van der Waals surface area contributed by atoms with Crippen molar-refractivity contribution in [1.82, 2.24) is 20.1 Å². The molecule has 0 amide bonds. The molecule has 0 aliphatic heterocycles. The molecule has 5 nitrogen and oxygen atoms in total. The number of hydrogen-bond acceptors (Lipinski definition) is 4. The van der Waals surface area contributed by atoms with Crippen LogP contribution in [0.5, 0.6) is 5.88 Å². The molecule has 154 valence electrons. The number of pyridine rings is 1. The largest absolute Gasteiger partial charge is 0.473 e. The second kappa shape index (κ2) is 8.67. The number of ether oxygens (including phenoxy) is 1. The minimum atomic E-state index is 0.506. The van der Waals surface area contributed by atoms with Gasteiger partial charge in [-0.25, -0.2) is 4.98 Å². The van der Waals surface area contributed by atoms with Gasteiger partial charge in [0.25, 0.3) is 0 Å². The van der Waals surface area contributed by atoms with E-state index in [1.165, 1.54) is 22.3 Å². The molecule has 0 atom stereocenters. The van der Waals surface area contributed by atoms with Crippen molar-refractivity contribution in [2.24, 2.45) is 7.05 Å². The quantitative estimate of drug-likeness (QED) is 0.486. The van der Waals surface area contributed by atoms with Gasteiger partial charge in [-0.3, -0.25) is 4.68 Å². The summed E-state index contributed by atoms with van der Waals surface area (Å²) in [6.45, 7) is 8.18. The van der Waals surface area contributed by atoms with Gasteiger partial charge in [0.2, 0.25) is 5.88 Å². The maximum absolute atomic E-state index is 6.21. The van der Waals surface area contributed by atoms with Crippen LogP contribution in [0.4, 0.5) is 0 Å². The second-order valence-corrected chi connectivity index (χ2v) is 7.88. The zero-order valence-electron chi connectivity index (χ0n) is 18.1. The van der Waals surface area contributed by atoms with Gasteiger partial charge < -0.3 is 10.1 Å². The van der Waals surface area contributed by atoms with Crippen LogP contribution in [0.2, 0.25) is 0 Å². The van der Waals surface area contributed by atoms with Crippen molar-refractivity contribution in [2.45, 2.75) is 40.5 Å². The first-order valence-corrected chi connectivity index (χ1v) is 10.3. The monoisotopic (exact) mass is 400 g/mol. The molecule has 30 heavy (non-hydrogen) atoms. The molecular formula is C25H28N4O. The van der Waals surface area contributed by atoms with Crippen LogP contribution in [0.15, 0.2) is 54.7 Å². The Labute approximate surface area is 177 Å². The summed E-state index contributed by atoms with van der Waals surface area (Å²) in [6.07, 6.45) is 2.06. The average Bonchev–Trinajstić information content (AvgIpc) is 3.04. The third-order valence-electron chi connectivity index (χ3n) is 5.38. The lowest BCUT2D eigenvalue weighted by Crippen LogP contribution is -2.14. The van der Waals surface area contributed by atoms with E-state index >= 15 is 0 Å². The molecule has 5 heteroatoms. The summed E-state index contributed by atoms with van der Waals surface area (Å²) in [4.78, 5) is 4.83. The van der Waals surface area contributed by atoms with Gasteiger partial charge >= 0.3 is 0 Å². The van der Waals surface area contributed by atoms with Crippen LogP contribution in [-0.2, 0) is 26.7 Å². The third kappa shape index (κ3) is 4.52. The molecule has 0 unspecified atom stereocenters. The molecule has 2 aromatic carbocycles. The van der Waals surface area contributed by atoms with E-state index in [4.69, 9.17) is 9.72 Å². The highest BCUT2D eigenvalue weighted by atomic mass is 16.5. The number of nitrogens with one attached hydrogen (secondary N) is 1. The SMILES string of the molecule is Cc1ccc2nc(OCc3ccccc3C)c(CNCc3cn(C)nc3C)cc2c1. The maximum atomic E-state index is 6.21. The number of aryl methyl sites for hydroxylation is 4. The van der Waals surface area contributed by atoms with Crippen molar-refractivity contribution in [3.63, 3.8) is 0 Å². The summed E-state index contributed by atoms with van der Waals surface area (Å²) in [5.74, 6) is 0.685. The fraction of sp³-hybridized carbons (Fsp3) is 0.280. The van der Waals surface area contributed by atoms with Gasteiger partial charge in [-0.05, 0) is 50.1 Å². The molecule has 2 heterocycles. The van der Waals surface area contributed by atoms with Gasteiger partial charge in [-0.2, -0.15) is 5.10 Å². The van der Waals surface area contributed by atoms with Crippen LogP contribution < -0.4 is 10.1 Å². The highest BCUT2D eigenvalue weighted by Gasteiger charge is 2.11. The normalized spacial score (nSPS) is 11.2. The Morgan fingerprint density at radius 3 is 2.50 bits per heavy atom. The minimum absolute atomic E-state index is 0.506. The van der Waals surface area contributed by atoms with E-state index in [1.807, 2.05) is 30.8 Å². The lowest BCUT2D eigenvalue weighted by Gasteiger charge is -2.14. The van der Waals surface area contributed by atoms with Crippen molar-refractivity contribution < 1.29 is 4.74 Å². The molecule has 4 aromatic rings. The lowest BCUT2D eigenvalue weighted by atomic mass is 10.1. The zero-order valence-corrected chi connectivity index (χ0v) is 18.1. The van der Waals surface area contributed by atoms with E-state index in [0.29, 0.717) is 19.0 Å². The summed E-state index contributed by atoms with van der Waals surface area (Å²) < 4.78 is 8.06. The van der Waals surface area contributed by atoms with Crippen LogP contribution in [0.1, 0.15) is 33.5 Å². The summed E-state index contributed by atoms with van der Waals surface area (Å²) >= 11 is 0. The van der Waals surface area contributed by atoms with Gasteiger partial charge in [-0.1, -0.05) is 35.9 Å². The summed E-state index contributed by atoms with van der Waals surface area (Å²) in [7, 11) is 1.95. The first-order chi connectivity index (χ1) is 14.5. The number of aromatic nitrogens is 3. The average molecular weight is 401 g/mol. The summed E-state index contributed by atoms with van der Waals surface area (Å²) in [6, 6.07) is 16.8. The first-order valence-electron chi connectivity index (χ1n) is 10.3. The van der Waals surface area contributed by atoms with Crippen LogP contribution in [0.25, 0.3) is 10.9 Å². The predicted molar refractivity (Wildman–Crippen MR) is 120 cm³/mol. The van der Waals surface area contributed by atoms with E-state index in [1.54, 1.807) is 0 Å². The molecule has 0 saturated heterocycles. The molecule has 2 aromatic heterocycles. The number of nitrogens with zero attached hydrogens (tertiary/aromatic N) is 3. The smallest absolute Gasteiger partial charge is 0.218 e. The third-order valence-corrected chi connectivity index (χ3v) is 5.38. The number of benzene rings is 2. The Bertz CT molecular complexity index is 1180.